The highest BCUT2D eigenvalue weighted by atomic mass is 16.5. The van der Waals surface area contributed by atoms with E-state index in [-0.39, 0.29) is 5.41 Å². The molecule has 0 aromatic carbocycles. The average molecular weight is 213 g/mol. The Morgan fingerprint density at radius 3 is 2.40 bits per heavy atom. The van der Waals surface area contributed by atoms with Crippen molar-refractivity contribution in [3.63, 3.8) is 0 Å². The van der Waals surface area contributed by atoms with Gasteiger partial charge in [-0.25, -0.2) is 0 Å². The molecule has 0 aromatic heterocycles. The number of ether oxygens (including phenoxy) is 1. The molecule has 1 rings (SSSR count). The molecule has 3 heteroatoms. The maximum absolute atomic E-state index is 11.2. The van der Waals surface area contributed by atoms with Gasteiger partial charge in [0.1, 0.15) is 6.29 Å². The van der Waals surface area contributed by atoms with Crippen molar-refractivity contribution < 1.29 is 9.53 Å². The third-order valence-electron chi connectivity index (χ3n) is 3.00. The van der Waals surface area contributed by atoms with Crippen LogP contribution in [0.2, 0.25) is 0 Å². The minimum atomic E-state index is -0.218. The largest absolute Gasteiger partial charge is 0.380 e. The van der Waals surface area contributed by atoms with E-state index in [0.29, 0.717) is 6.61 Å². The van der Waals surface area contributed by atoms with E-state index in [9.17, 15) is 4.79 Å². The van der Waals surface area contributed by atoms with Crippen molar-refractivity contribution in [3.8, 4) is 0 Å². The molecule has 0 saturated carbocycles. The lowest BCUT2D eigenvalue weighted by atomic mass is 9.88. The third-order valence-corrected chi connectivity index (χ3v) is 3.00. The highest BCUT2D eigenvalue weighted by molar-refractivity contribution is 5.60. The van der Waals surface area contributed by atoms with Gasteiger partial charge in [0.25, 0.3) is 0 Å². The molecule has 88 valence electrons. The SMILES string of the molecule is CCCN(CCC)CC1(C=O)CCOC1. The van der Waals surface area contributed by atoms with Gasteiger partial charge in [-0.05, 0) is 32.4 Å². The Hall–Kier alpha value is -0.410. The number of carbonyl (C=O) groups is 1. The van der Waals surface area contributed by atoms with Crippen molar-refractivity contribution in [1.82, 2.24) is 4.90 Å². The van der Waals surface area contributed by atoms with Crippen LogP contribution in [0.3, 0.4) is 0 Å². The summed E-state index contributed by atoms with van der Waals surface area (Å²) >= 11 is 0. The lowest BCUT2D eigenvalue weighted by molar-refractivity contribution is -0.117. The zero-order valence-electron chi connectivity index (χ0n) is 10.00. The fourth-order valence-corrected chi connectivity index (χ4v) is 2.23. The number of hydrogen-bond donors (Lipinski definition) is 0. The molecule has 1 unspecified atom stereocenters. The summed E-state index contributed by atoms with van der Waals surface area (Å²) in [4.78, 5) is 13.6. The van der Waals surface area contributed by atoms with Crippen LogP contribution in [-0.4, -0.2) is 44.0 Å². The smallest absolute Gasteiger partial charge is 0.129 e. The summed E-state index contributed by atoms with van der Waals surface area (Å²) in [6.45, 7) is 8.76. The van der Waals surface area contributed by atoms with E-state index >= 15 is 0 Å². The van der Waals surface area contributed by atoms with Crippen molar-refractivity contribution in [3.05, 3.63) is 0 Å². The Morgan fingerprint density at radius 1 is 1.33 bits per heavy atom. The highest BCUT2D eigenvalue weighted by Crippen LogP contribution is 2.27. The fraction of sp³-hybridized carbons (Fsp3) is 0.917. The predicted molar refractivity (Wildman–Crippen MR) is 61.0 cm³/mol. The van der Waals surface area contributed by atoms with Gasteiger partial charge in [0.2, 0.25) is 0 Å². The first-order valence-electron chi connectivity index (χ1n) is 6.03. The van der Waals surface area contributed by atoms with Crippen LogP contribution in [0.5, 0.6) is 0 Å². The Morgan fingerprint density at radius 2 is 2.00 bits per heavy atom. The van der Waals surface area contributed by atoms with E-state index in [1.54, 1.807) is 0 Å². The molecule has 0 aromatic rings. The first-order chi connectivity index (χ1) is 7.26. The molecule has 0 bridgehead atoms. The van der Waals surface area contributed by atoms with Gasteiger partial charge in [0.05, 0.1) is 12.0 Å². The van der Waals surface area contributed by atoms with Gasteiger partial charge in [0.15, 0.2) is 0 Å². The Kier molecular flexibility index (Phi) is 5.26. The van der Waals surface area contributed by atoms with Crippen LogP contribution in [0.4, 0.5) is 0 Å². The van der Waals surface area contributed by atoms with Gasteiger partial charge >= 0.3 is 0 Å². The van der Waals surface area contributed by atoms with Crippen LogP contribution in [0.25, 0.3) is 0 Å². The molecule has 0 spiro atoms. The van der Waals surface area contributed by atoms with Gasteiger partial charge in [0, 0.05) is 13.2 Å². The van der Waals surface area contributed by atoms with E-state index in [0.717, 1.165) is 51.8 Å². The Bertz CT molecular complexity index is 182. The van der Waals surface area contributed by atoms with E-state index in [1.807, 2.05) is 0 Å². The monoisotopic (exact) mass is 213 g/mol. The molecule has 0 radical (unpaired) electrons. The molecule has 15 heavy (non-hydrogen) atoms. The summed E-state index contributed by atoms with van der Waals surface area (Å²) in [7, 11) is 0. The lowest BCUT2D eigenvalue weighted by Gasteiger charge is -2.29. The van der Waals surface area contributed by atoms with Crippen molar-refractivity contribution in [2.24, 2.45) is 5.41 Å². The average Bonchev–Trinajstić information content (AvgIpc) is 2.68. The first kappa shape index (κ1) is 12.7. The molecule has 1 aliphatic heterocycles. The maximum atomic E-state index is 11.2. The van der Waals surface area contributed by atoms with Gasteiger partial charge in [-0.15, -0.1) is 0 Å². The molecular weight excluding hydrogens is 190 g/mol. The van der Waals surface area contributed by atoms with Crippen LogP contribution >= 0.6 is 0 Å². The second-order valence-corrected chi connectivity index (χ2v) is 4.56. The van der Waals surface area contributed by atoms with Crippen LogP contribution in [0.15, 0.2) is 0 Å². The summed E-state index contributed by atoms with van der Waals surface area (Å²) in [5, 5.41) is 0. The van der Waals surface area contributed by atoms with Gasteiger partial charge < -0.3 is 14.4 Å². The topological polar surface area (TPSA) is 29.5 Å². The number of rotatable bonds is 7. The molecule has 1 heterocycles. The normalized spacial score (nSPS) is 26.1. The van der Waals surface area contributed by atoms with Crippen LogP contribution in [-0.2, 0) is 9.53 Å². The van der Waals surface area contributed by atoms with Crippen molar-refractivity contribution in [2.45, 2.75) is 33.1 Å². The molecule has 1 fully saturated rings. The Balaban J connectivity index is 2.49. The summed E-state index contributed by atoms with van der Waals surface area (Å²) < 4.78 is 5.35. The molecule has 0 N–H and O–H groups in total. The van der Waals surface area contributed by atoms with Crippen LogP contribution in [0, 0.1) is 5.41 Å². The van der Waals surface area contributed by atoms with Gasteiger partial charge in [-0.2, -0.15) is 0 Å². The van der Waals surface area contributed by atoms with Gasteiger partial charge in [-0.1, -0.05) is 13.8 Å². The third kappa shape index (κ3) is 3.58. The van der Waals surface area contributed by atoms with Crippen molar-refractivity contribution >= 4 is 6.29 Å². The number of aldehydes is 1. The minimum absolute atomic E-state index is 0.218. The van der Waals surface area contributed by atoms with Crippen molar-refractivity contribution in [2.75, 3.05) is 32.8 Å². The van der Waals surface area contributed by atoms with Crippen LogP contribution in [0.1, 0.15) is 33.1 Å². The van der Waals surface area contributed by atoms with Crippen molar-refractivity contribution in [1.29, 1.82) is 0 Å². The Labute approximate surface area is 92.8 Å². The van der Waals surface area contributed by atoms with E-state index in [1.165, 1.54) is 0 Å². The summed E-state index contributed by atoms with van der Waals surface area (Å²) in [5.74, 6) is 0. The number of carbonyl (C=O) groups excluding carboxylic acids is 1. The summed E-state index contributed by atoms with van der Waals surface area (Å²) in [6.07, 6.45) is 4.30. The number of hydrogen-bond acceptors (Lipinski definition) is 3. The van der Waals surface area contributed by atoms with E-state index in [4.69, 9.17) is 4.74 Å². The zero-order valence-corrected chi connectivity index (χ0v) is 10.00. The summed E-state index contributed by atoms with van der Waals surface area (Å²) in [5.41, 5.74) is -0.218. The molecular formula is C12H23NO2. The second-order valence-electron chi connectivity index (χ2n) is 4.56. The molecule has 1 aliphatic rings. The van der Waals surface area contributed by atoms with E-state index in [2.05, 4.69) is 18.7 Å². The summed E-state index contributed by atoms with van der Waals surface area (Å²) in [6, 6.07) is 0. The van der Waals surface area contributed by atoms with E-state index < -0.39 is 0 Å². The first-order valence-corrected chi connectivity index (χ1v) is 6.03. The molecule has 1 atom stereocenters. The van der Waals surface area contributed by atoms with Gasteiger partial charge in [-0.3, -0.25) is 0 Å². The maximum Gasteiger partial charge on any atom is 0.129 e. The predicted octanol–water partition coefficient (Wildman–Crippen LogP) is 1.71. The second kappa shape index (κ2) is 6.23. The number of nitrogens with zero attached hydrogens (tertiary/aromatic N) is 1. The highest BCUT2D eigenvalue weighted by Gasteiger charge is 2.36. The fourth-order valence-electron chi connectivity index (χ4n) is 2.23. The quantitative estimate of drug-likeness (QED) is 0.603. The van der Waals surface area contributed by atoms with Crippen LogP contribution < -0.4 is 0 Å². The molecule has 0 aliphatic carbocycles. The lowest BCUT2D eigenvalue weighted by Crippen LogP contribution is -2.40. The molecule has 3 nitrogen and oxygen atoms in total. The molecule has 0 amide bonds. The zero-order chi connectivity index (χ0) is 11.1. The minimum Gasteiger partial charge on any atom is -0.380 e. The molecule has 1 saturated heterocycles. The standard InChI is InChI=1S/C12H23NO2/c1-3-6-13(7-4-2)9-12(10-14)5-8-15-11-12/h10H,3-9,11H2,1-2H3.